The molecule has 0 saturated carbocycles. The van der Waals surface area contributed by atoms with Crippen LogP contribution in [-0.2, 0) is 11.3 Å². The molecule has 0 bridgehead atoms. The van der Waals surface area contributed by atoms with Crippen molar-refractivity contribution < 1.29 is 14.2 Å². The largest absolute Gasteiger partial charge is 0.496 e. The van der Waals surface area contributed by atoms with Crippen LogP contribution in [0.4, 0.5) is 5.69 Å². The zero-order valence-electron chi connectivity index (χ0n) is 11.6. The van der Waals surface area contributed by atoms with Gasteiger partial charge in [-0.05, 0) is 18.2 Å². The summed E-state index contributed by atoms with van der Waals surface area (Å²) in [7, 11) is 6.78. The lowest BCUT2D eigenvalue weighted by Crippen LogP contribution is -2.00. The molecule has 0 amide bonds. The van der Waals surface area contributed by atoms with Crippen molar-refractivity contribution in [2.75, 3.05) is 33.7 Å². The maximum atomic E-state index is 5.40. The molecule has 1 aromatic heterocycles. The second-order valence-electron chi connectivity index (χ2n) is 4.04. The van der Waals surface area contributed by atoms with E-state index in [-0.39, 0.29) is 0 Å². The topological polar surface area (TPSA) is 52.6 Å². The molecular formula is C14H18N2O3. The summed E-state index contributed by atoms with van der Waals surface area (Å²) in [5, 5.41) is 4.07. The number of fused-ring (bicyclic) bond motifs is 1. The number of hydrogen-bond donors (Lipinski definition) is 1. The highest BCUT2D eigenvalue weighted by molar-refractivity contribution is 5.99. The molecule has 1 N–H and O–H groups in total. The molecule has 0 unspecified atom stereocenters. The van der Waals surface area contributed by atoms with Crippen molar-refractivity contribution in [3.63, 3.8) is 0 Å². The highest BCUT2D eigenvalue weighted by Gasteiger charge is 2.14. The first kappa shape index (κ1) is 13.4. The molecule has 5 nitrogen and oxygen atoms in total. The minimum Gasteiger partial charge on any atom is -0.496 e. The van der Waals surface area contributed by atoms with Crippen LogP contribution in [0.5, 0.6) is 11.5 Å². The van der Waals surface area contributed by atoms with Crippen LogP contribution >= 0.6 is 0 Å². The Balaban J connectivity index is 2.78. The molecule has 102 valence electrons. The number of anilines is 1. The second kappa shape index (κ2) is 5.75. The number of methoxy groups -OCH3 is 3. The van der Waals surface area contributed by atoms with Crippen molar-refractivity contribution in [1.29, 1.82) is 0 Å². The van der Waals surface area contributed by atoms with Gasteiger partial charge in [-0.3, -0.25) is 0 Å². The predicted molar refractivity (Wildman–Crippen MR) is 75.1 cm³/mol. The van der Waals surface area contributed by atoms with E-state index in [0.717, 1.165) is 28.0 Å². The number of pyridine rings is 1. The number of benzene rings is 1. The van der Waals surface area contributed by atoms with Crippen LogP contribution in [0.1, 0.15) is 5.69 Å². The average molecular weight is 262 g/mol. The molecule has 19 heavy (non-hydrogen) atoms. The van der Waals surface area contributed by atoms with Crippen molar-refractivity contribution in [3.8, 4) is 11.5 Å². The fourth-order valence-electron chi connectivity index (χ4n) is 2.09. The molecule has 0 saturated heterocycles. The first-order valence-corrected chi connectivity index (χ1v) is 5.96. The monoisotopic (exact) mass is 262 g/mol. The smallest absolute Gasteiger partial charge is 0.145 e. The van der Waals surface area contributed by atoms with E-state index in [1.54, 1.807) is 21.3 Å². The van der Waals surface area contributed by atoms with E-state index in [1.165, 1.54) is 0 Å². The van der Waals surface area contributed by atoms with Gasteiger partial charge in [0, 0.05) is 19.8 Å². The maximum Gasteiger partial charge on any atom is 0.145 e. The van der Waals surface area contributed by atoms with Crippen LogP contribution in [0.15, 0.2) is 18.2 Å². The van der Waals surface area contributed by atoms with Gasteiger partial charge in [-0.2, -0.15) is 0 Å². The van der Waals surface area contributed by atoms with Crippen LogP contribution < -0.4 is 14.8 Å². The molecule has 0 spiro atoms. The number of ether oxygens (including phenoxy) is 3. The summed E-state index contributed by atoms with van der Waals surface area (Å²) in [5.74, 6) is 1.47. The molecule has 1 heterocycles. The van der Waals surface area contributed by atoms with Gasteiger partial charge < -0.3 is 19.5 Å². The SMILES string of the molecule is CNc1cc(COC)nc2c(OC)ccc(OC)c12. The van der Waals surface area contributed by atoms with Crippen molar-refractivity contribution in [1.82, 2.24) is 4.98 Å². The van der Waals surface area contributed by atoms with Gasteiger partial charge in [-0.15, -0.1) is 0 Å². The minimum atomic E-state index is 0.449. The zero-order chi connectivity index (χ0) is 13.8. The maximum absolute atomic E-state index is 5.40. The van der Waals surface area contributed by atoms with Gasteiger partial charge in [-0.1, -0.05) is 0 Å². The Morgan fingerprint density at radius 1 is 1.11 bits per heavy atom. The minimum absolute atomic E-state index is 0.449. The molecule has 5 heteroatoms. The standard InChI is InChI=1S/C14H18N2O3/c1-15-10-7-9(8-17-2)16-14-12(19-4)6-5-11(18-3)13(10)14/h5-7H,8H2,1-4H3,(H,15,16). The van der Waals surface area contributed by atoms with Gasteiger partial charge in [0.05, 0.1) is 31.9 Å². The lowest BCUT2D eigenvalue weighted by Gasteiger charge is -2.14. The molecule has 2 rings (SSSR count). The first-order chi connectivity index (χ1) is 9.24. The van der Waals surface area contributed by atoms with Crippen molar-refractivity contribution in [2.24, 2.45) is 0 Å². The van der Waals surface area contributed by atoms with E-state index in [1.807, 2.05) is 25.2 Å². The summed E-state index contributed by atoms with van der Waals surface area (Å²) in [5.41, 5.74) is 2.54. The van der Waals surface area contributed by atoms with Crippen LogP contribution in [0.2, 0.25) is 0 Å². The van der Waals surface area contributed by atoms with Gasteiger partial charge in [0.15, 0.2) is 0 Å². The third-order valence-corrected chi connectivity index (χ3v) is 2.94. The van der Waals surface area contributed by atoms with Crippen LogP contribution in [0.25, 0.3) is 10.9 Å². The Hall–Kier alpha value is -2.01. The summed E-state index contributed by atoms with van der Waals surface area (Å²) in [6, 6.07) is 5.68. The van der Waals surface area contributed by atoms with Crippen LogP contribution in [0.3, 0.4) is 0 Å². The normalized spacial score (nSPS) is 10.5. The fraction of sp³-hybridized carbons (Fsp3) is 0.357. The van der Waals surface area contributed by atoms with E-state index in [0.29, 0.717) is 12.4 Å². The molecule has 0 aliphatic rings. The Bertz CT molecular complexity index is 584. The van der Waals surface area contributed by atoms with E-state index in [4.69, 9.17) is 14.2 Å². The van der Waals surface area contributed by atoms with Gasteiger partial charge >= 0.3 is 0 Å². The second-order valence-corrected chi connectivity index (χ2v) is 4.04. The number of hydrogen-bond acceptors (Lipinski definition) is 5. The van der Waals surface area contributed by atoms with Gasteiger partial charge in [0.2, 0.25) is 0 Å². The van der Waals surface area contributed by atoms with E-state index in [2.05, 4.69) is 10.3 Å². The van der Waals surface area contributed by atoms with Crippen molar-refractivity contribution in [2.45, 2.75) is 6.61 Å². The Labute approximate surface area is 112 Å². The molecule has 0 atom stereocenters. The summed E-state index contributed by atoms with van der Waals surface area (Å²) in [6.45, 7) is 0.449. The quantitative estimate of drug-likeness (QED) is 0.897. The third-order valence-electron chi connectivity index (χ3n) is 2.94. The lowest BCUT2D eigenvalue weighted by molar-refractivity contribution is 0.182. The Morgan fingerprint density at radius 2 is 1.79 bits per heavy atom. The molecule has 0 aliphatic heterocycles. The first-order valence-electron chi connectivity index (χ1n) is 5.96. The highest BCUT2D eigenvalue weighted by atomic mass is 16.5. The summed E-state index contributed by atoms with van der Waals surface area (Å²) < 4.78 is 15.9. The Morgan fingerprint density at radius 3 is 2.37 bits per heavy atom. The fourth-order valence-corrected chi connectivity index (χ4v) is 2.09. The van der Waals surface area contributed by atoms with Crippen molar-refractivity contribution >= 4 is 16.6 Å². The molecule has 0 fully saturated rings. The summed E-state index contributed by atoms with van der Waals surface area (Å²) in [6.07, 6.45) is 0. The van der Waals surface area contributed by atoms with Gasteiger partial charge in [-0.25, -0.2) is 4.98 Å². The Kier molecular flexibility index (Phi) is 4.06. The lowest BCUT2D eigenvalue weighted by atomic mass is 10.1. The predicted octanol–water partition coefficient (Wildman–Crippen LogP) is 2.44. The van der Waals surface area contributed by atoms with Crippen LogP contribution in [-0.4, -0.2) is 33.4 Å². The van der Waals surface area contributed by atoms with Gasteiger partial charge in [0.1, 0.15) is 17.0 Å². The van der Waals surface area contributed by atoms with E-state index < -0.39 is 0 Å². The summed E-state index contributed by atoms with van der Waals surface area (Å²) >= 11 is 0. The number of rotatable bonds is 5. The van der Waals surface area contributed by atoms with Gasteiger partial charge in [0.25, 0.3) is 0 Å². The molecule has 0 radical (unpaired) electrons. The summed E-state index contributed by atoms with van der Waals surface area (Å²) in [4.78, 5) is 4.58. The number of nitrogens with zero attached hydrogens (tertiary/aromatic N) is 1. The van der Waals surface area contributed by atoms with Crippen LogP contribution in [0, 0.1) is 0 Å². The molecule has 1 aromatic carbocycles. The zero-order valence-corrected chi connectivity index (χ0v) is 11.6. The van der Waals surface area contributed by atoms with Crippen molar-refractivity contribution in [3.05, 3.63) is 23.9 Å². The molecular weight excluding hydrogens is 244 g/mol. The highest BCUT2D eigenvalue weighted by Crippen LogP contribution is 2.37. The third kappa shape index (κ3) is 2.42. The molecule has 2 aromatic rings. The number of nitrogens with one attached hydrogen (secondary N) is 1. The number of aromatic nitrogens is 1. The van der Waals surface area contributed by atoms with E-state index in [9.17, 15) is 0 Å². The van der Waals surface area contributed by atoms with E-state index >= 15 is 0 Å². The molecule has 0 aliphatic carbocycles. The average Bonchev–Trinajstić information content (AvgIpc) is 2.45.